The summed E-state index contributed by atoms with van der Waals surface area (Å²) >= 11 is 12.4. The number of anilines is 1. The molecule has 0 spiro atoms. The Morgan fingerprint density at radius 1 is 0.895 bits per heavy atom. The molecule has 0 fully saturated rings. The first-order chi connectivity index (χ1) is 18.0. The van der Waals surface area contributed by atoms with Gasteiger partial charge in [0.2, 0.25) is 21.8 Å². The molecule has 0 aromatic heterocycles. The summed E-state index contributed by atoms with van der Waals surface area (Å²) in [7, 11) is -3.94. The molecule has 1 N–H and O–H groups in total. The number of sulfonamides is 1. The topological polar surface area (TPSA) is 86.8 Å². The van der Waals surface area contributed by atoms with E-state index in [0.717, 1.165) is 21.7 Å². The van der Waals surface area contributed by atoms with Crippen LogP contribution in [-0.2, 0) is 32.6 Å². The van der Waals surface area contributed by atoms with Crippen LogP contribution in [0.25, 0.3) is 0 Å². The van der Waals surface area contributed by atoms with E-state index in [-0.39, 0.29) is 40.6 Å². The van der Waals surface area contributed by atoms with E-state index >= 15 is 0 Å². The summed E-state index contributed by atoms with van der Waals surface area (Å²) in [6.45, 7) is 3.22. The van der Waals surface area contributed by atoms with Crippen molar-refractivity contribution in [1.29, 1.82) is 0 Å². The Hall–Kier alpha value is -3.07. The molecule has 0 unspecified atom stereocenters. The molecule has 3 aromatic carbocycles. The molecule has 0 saturated heterocycles. The number of hydrogen-bond donors (Lipinski definition) is 1. The molecule has 0 heterocycles. The summed E-state index contributed by atoms with van der Waals surface area (Å²) < 4.78 is 26.6. The lowest BCUT2D eigenvalue weighted by atomic mass is 10.0. The molecule has 10 heteroatoms. The normalized spacial score (nSPS) is 12.2. The average Bonchev–Trinajstić information content (AvgIpc) is 2.86. The zero-order valence-electron chi connectivity index (χ0n) is 21.5. The second kappa shape index (κ2) is 13.1. The van der Waals surface area contributed by atoms with Crippen LogP contribution < -0.4 is 9.62 Å². The fraction of sp³-hybridized carbons (Fsp3) is 0.286. The molecule has 0 aliphatic heterocycles. The highest BCUT2D eigenvalue weighted by Gasteiger charge is 2.33. The van der Waals surface area contributed by atoms with Gasteiger partial charge in [0.15, 0.2) is 0 Å². The molecular formula is C28H31Cl2N3O4S. The lowest BCUT2D eigenvalue weighted by Gasteiger charge is -2.34. The minimum absolute atomic E-state index is 0.0842. The summed E-state index contributed by atoms with van der Waals surface area (Å²) in [5.74, 6) is -0.894. The Kier molecular flexibility index (Phi) is 10.2. The Morgan fingerprint density at radius 3 is 2.03 bits per heavy atom. The minimum atomic E-state index is -3.94. The zero-order valence-corrected chi connectivity index (χ0v) is 23.8. The highest BCUT2D eigenvalue weighted by atomic mass is 35.5. The summed E-state index contributed by atoms with van der Waals surface area (Å²) in [5.41, 5.74) is 1.74. The Balaban J connectivity index is 2.06. The van der Waals surface area contributed by atoms with Gasteiger partial charge < -0.3 is 10.2 Å². The van der Waals surface area contributed by atoms with Crippen molar-refractivity contribution in [2.24, 2.45) is 0 Å². The van der Waals surface area contributed by atoms with Crippen LogP contribution in [0, 0.1) is 0 Å². The van der Waals surface area contributed by atoms with Crippen molar-refractivity contribution < 1.29 is 18.0 Å². The summed E-state index contributed by atoms with van der Waals surface area (Å²) in [6.07, 6.45) is 1.24. The maximum absolute atomic E-state index is 14.0. The fourth-order valence-electron chi connectivity index (χ4n) is 3.99. The van der Waals surface area contributed by atoms with Gasteiger partial charge in [-0.3, -0.25) is 13.9 Å². The number of amides is 2. The standard InChI is InChI=1S/C28H31Cl2N3O4S/c1-20(2)31-28(35)26(16-21-10-6-4-7-11-21)32(18-22-12-8-5-9-13-22)27(34)19-33(38(3,36)37)25-17-23(29)14-15-24(25)30/h4-15,17,20,26H,16,18-19H2,1-3H3,(H,31,35)/t26-/m0/s1. The largest absolute Gasteiger partial charge is 0.352 e. The molecule has 1 atom stereocenters. The van der Waals surface area contributed by atoms with Crippen LogP contribution in [0.15, 0.2) is 78.9 Å². The highest BCUT2D eigenvalue weighted by molar-refractivity contribution is 7.92. The van der Waals surface area contributed by atoms with Gasteiger partial charge in [-0.25, -0.2) is 8.42 Å². The number of halogens is 2. The minimum Gasteiger partial charge on any atom is -0.352 e. The molecule has 3 rings (SSSR count). The van der Waals surface area contributed by atoms with E-state index in [4.69, 9.17) is 23.2 Å². The monoisotopic (exact) mass is 575 g/mol. The summed E-state index contributed by atoms with van der Waals surface area (Å²) in [6, 6.07) is 21.9. The van der Waals surface area contributed by atoms with E-state index in [9.17, 15) is 18.0 Å². The maximum Gasteiger partial charge on any atom is 0.244 e. The van der Waals surface area contributed by atoms with Gasteiger partial charge in [-0.15, -0.1) is 0 Å². The van der Waals surface area contributed by atoms with Crippen LogP contribution in [0.2, 0.25) is 10.0 Å². The van der Waals surface area contributed by atoms with Crippen LogP contribution in [0.4, 0.5) is 5.69 Å². The van der Waals surface area contributed by atoms with Crippen LogP contribution in [0.5, 0.6) is 0 Å². The molecule has 7 nitrogen and oxygen atoms in total. The van der Waals surface area contributed by atoms with Crippen LogP contribution >= 0.6 is 23.2 Å². The van der Waals surface area contributed by atoms with Crippen LogP contribution in [0.1, 0.15) is 25.0 Å². The molecule has 0 bridgehead atoms. The molecule has 0 aliphatic carbocycles. The van der Waals surface area contributed by atoms with Gasteiger partial charge in [-0.1, -0.05) is 83.9 Å². The second-order valence-electron chi connectivity index (χ2n) is 9.24. The first-order valence-electron chi connectivity index (χ1n) is 12.1. The Bertz CT molecular complexity index is 1350. The molecule has 0 aliphatic rings. The molecule has 38 heavy (non-hydrogen) atoms. The average molecular weight is 577 g/mol. The fourth-order valence-corrected chi connectivity index (χ4v) is 5.28. The second-order valence-corrected chi connectivity index (χ2v) is 12.0. The van der Waals surface area contributed by atoms with Gasteiger partial charge in [-0.05, 0) is 43.2 Å². The first kappa shape index (κ1) is 29.5. The van der Waals surface area contributed by atoms with E-state index in [2.05, 4.69) is 5.32 Å². The third kappa shape index (κ3) is 8.21. The zero-order chi connectivity index (χ0) is 27.9. The molecular weight excluding hydrogens is 545 g/mol. The smallest absolute Gasteiger partial charge is 0.244 e. The lowest BCUT2D eigenvalue weighted by Crippen LogP contribution is -2.54. The van der Waals surface area contributed by atoms with Crippen molar-refractivity contribution in [1.82, 2.24) is 10.2 Å². The Morgan fingerprint density at radius 2 is 1.47 bits per heavy atom. The van der Waals surface area contributed by atoms with Gasteiger partial charge in [0, 0.05) is 24.0 Å². The molecule has 0 saturated carbocycles. The number of nitrogens with zero attached hydrogens (tertiary/aromatic N) is 2. The van der Waals surface area contributed by atoms with Crippen molar-refractivity contribution in [2.45, 2.75) is 38.9 Å². The number of benzene rings is 3. The third-order valence-electron chi connectivity index (χ3n) is 5.75. The number of carbonyl (C=O) groups is 2. The highest BCUT2D eigenvalue weighted by Crippen LogP contribution is 2.31. The molecule has 2 amide bonds. The van der Waals surface area contributed by atoms with E-state index in [1.165, 1.54) is 23.1 Å². The maximum atomic E-state index is 14.0. The predicted octanol–water partition coefficient (Wildman–Crippen LogP) is 4.92. The van der Waals surface area contributed by atoms with Crippen LogP contribution in [0.3, 0.4) is 0 Å². The van der Waals surface area contributed by atoms with E-state index in [1.54, 1.807) is 0 Å². The van der Waals surface area contributed by atoms with Gasteiger partial charge in [0.25, 0.3) is 0 Å². The van der Waals surface area contributed by atoms with E-state index in [1.807, 2.05) is 74.5 Å². The van der Waals surface area contributed by atoms with Crippen molar-refractivity contribution in [3.8, 4) is 0 Å². The number of nitrogens with one attached hydrogen (secondary N) is 1. The third-order valence-corrected chi connectivity index (χ3v) is 7.44. The van der Waals surface area contributed by atoms with Gasteiger partial charge in [0.05, 0.1) is 17.0 Å². The quantitative estimate of drug-likeness (QED) is 0.351. The number of rotatable bonds is 11. The predicted molar refractivity (Wildman–Crippen MR) is 153 cm³/mol. The van der Waals surface area contributed by atoms with Crippen LogP contribution in [-0.4, -0.2) is 50.0 Å². The van der Waals surface area contributed by atoms with Crippen molar-refractivity contribution in [3.05, 3.63) is 100 Å². The van der Waals surface area contributed by atoms with Gasteiger partial charge >= 0.3 is 0 Å². The Labute approximate surface area is 234 Å². The van der Waals surface area contributed by atoms with Gasteiger partial charge in [0.1, 0.15) is 12.6 Å². The summed E-state index contributed by atoms with van der Waals surface area (Å²) in [5, 5.41) is 3.31. The van der Waals surface area contributed by atoms with Crippen molar-refractivity contribution in [2.75, 3.05) is 17.1 Å². The lowest BCUT2D eigenvalue weighted by molar-refractivity contribution is -0.140. The molecule has 202 valence electrons. The van der Waals surface area contributed by atoms with Crippen molar-refractivity contribution >= 4 is 50.7 Å². The molecule has 3 aromatic rings. The van der Waals surface area contributed by atoms with Crippen molar-refractivity contribution in [3.63, 3.8) is 0 Å². The molecule has 0 radical (unpaired) electrons. The number of hydrogen-bond acceptors (Lipinski definition) is 4. The first-order valence-corrected chi connectivity index (χ1v) is 14.7. The number of carbonyl (C=O) groups excluding carboxylic acids is 2. The van der Waals surface area contributed by atoms with Gasteiger partial charge in [-0.2, -0.15) is 0 Å². The van der Waals surface area contributed by atoms with E-state index < -0.39 is 28.5 Å². The van der Waals surface area contributed by atoms with E-state index in [0.29, 0.717) is 0 Å². The SMILES string of the molecule is CC(C)NC(=O)[C@H](Cc1ccccc1)N(Cc1ccccc1)C(=O)CN(c1cc(Cl)ccc1Cl)S(C)(=O)=O. The summed E-state index contributed by atoms with van der Waals surface area (Å²) in [4.78, 5) is 28.9.